The third kappa shape index (κ3) is 2.14. The van der Waals surface area contributed by atoms with E-state index in [1.165, 1.54) is 0 Å². The van der Waals surface area contributed by atoms with Crippen molar-refractivity contribution in [1.82, 2.24) is 14.5 Å². The van der Waals surface area contributed by atoms with Crippen molar-refractivity contribution < 1.29 is 14.4 Å². The van der Waals surface area contributed by atoms with Crippen LogP contribution in [0, 0.1) is 11.8 Å². The molecule has 8 heteroatoms. The maximum absolute atomic E-state index is 12.1. The largest absolute Gasteiger partial charge is 0.331 e. The fourth-order valence-electron chi connectivity index (χ4n) is 3.92. The Morgan fingerprint density at radius 2 is 2.00 bits per heavy atom. The van der Waals surface area contributed by atoms with Gasteiger partial charge in [-0.2, -0.15) is 4.98 Å². The van der Waals surface area contributed by atoms with Gasteiger partial charge in [-0.15, -0.1) is 0 Å². The normalized spacial score (nSPS) is 31.0. The van der Waals surface area contributed by atoms with Gasteiger partial charge in [-0.3, -0.25) is 4.57 Å². The van der Waals surface area contributed by atoms with Crippen LogP contribution in [0.25, 0.3) is 11.0 Å². The summed E-state index contributed by atoms with van der Waals surface area (Å²) >= 11 is 5.89. The minimum Gasteiger partial charge on any atom is -0.328 e. The minimum absolute atomic E-state index is 0.0920. The van der Waals surface area contributed by atoms with E-state index >= 15 is 0 Å². The van der Waals surface area contributed by atoms with Gasteiger partial charge in [-0.05, 0) is 42.3 Å². The van der Waals surface area contributed by atoms with Crippen LogP contribution in [-0.2, 0) is 4.57 Å². The minimum atomic E-state index is -4.22. The van der Waals surface area contributed by atoms with Crippen molar-refractivity contribution in [1.29, 1.82) is 0 Å². The molecule has 0 aliphatic heterocycles. The molecule has 1 saturated carbocycles. The maximum atomic E-state index is 12.1. The highest BCUT2D eigenvalue weighted by atomic mass is 35.5. The molecule has 0 aromatic carbocycles. The van der Waals surface area contributed by atoms with Crippen molar-refractivity contribution in [3.63, 3.8) is 0 Å². The van der Waals surface area contributed by atoms with E-state index in [2.05, 4.69) is 16.0 Å². The molecule has 0 spiro atoms. The summed E-state index contributed by atoms with van der Waals surface area (Å²) in [5.74, 6) is 0.0116. The Hall–Kier alpha value is -1.20. The molecule has 0 saturated heterocycles. The molecule has 4 atom stereocenters. The first-order valence-corrected chi connectivity index (χ1v) is 9.24. The number of fused-ring (bicyclic) bond motifs is 3. The molecule has 5 rings (SSSR count). The predicted molar refractivity (Wildman–Crippen MR) is 82.8 cm³/mol. The van der Waals surface area contributed by atoms with Crippen molar-refractivity contribution >= 4 is 30.2 Å². The summed E-state index contributed by atoms with van der Waals surface area (Å²) in [6, 6.07) is 1.56. The predicted octanol–water partition coefficient (Wildman–Crippen LogP) is 2.77. The highest BCUT2D eigenvalue weighted by Crippen LogP contribution is 2.59. The molecule has 6 nitrogen and oxygen atoms in total. The molecule has 0 amide bonds. The Balaban J connectivity index is 1.90. The summed E-state index contributed by atoms with van der Waals surface area (Å²) in [7, 11) is -4.22. The second kappa shape index (κ2) is 4.90. The number of rotatable bonds is 2. The third-order valence-corrected chi connectivity index (χ3v) is 6.45. The number of aromatic nitrogens is 3. The number of hydrogen-bond acceptors (Lipinski definition) is 3. The van der Waals surface area contributed by atoms with Gasteiger partial charge < -0.3 is 14.4 Å². The molecular formula is C14H15ClN3O3P. The van der Waals surface area contributed by atoms with Gasteiger partial charge in [0.2, 0.25) is 5.28 Å². The molecule has 2 N–H and O–H groups in total. The zero-order valence-corrected chi connectivity index (χ0v) is 13.2. The van der Waals surface area contributed by atoms with E-state index in [9.17, 15) is 14.4 Å². The number of halogens is 1. The number of nitrogens with zero attached hydrogens (tertiary/aromatic N) is 3. The first kappa shape index (κ1) is 14.4. The lowest BCUT2D eigenvalue weighted by Gasteiger charge is -2.45. The third-order valence-electron chi connectivity index (χ3n) is 4.80. The molecule has 1 fully saturated rings. The number of hydrogen-bond donors (Lipinski definition) is 2. The summed E-state index contributed by atoms with van der Waals surface area (Å²) in [4.78, 5) is 27.9. The lowest BCUT2D eigenvalue weighted by atomic mass is 9.72. The van der Waals surface area contributed by atoms with Crippen LogP contribution in [0.5, 0.6) is 0 Å². The summed E-state index contributed by atoms with van der Waals surface area (Å²) in [5, 5.41) is 0.955. The second-order valence-electron chi connectivity index (χ2n) is 6.00. The molecule has 2 aromatic rings. The first-order valence-electron chi connectivity index (χ1n) is 7.18. The number of allylic oxidation sites excluding steroid dienone is 2. The van der Waals surface area contributed by atoms with Gasteiger partial charge in [0.05, 0.1) is 11.7 Å². The summed E-state index contributed by atoms with van der Waals surface area (Å²) < 4.78 is 13.9. The van der Waals surface area contributed by atoms with Gasteiger partial charge in [-0.1, -0.05) is 12.2 Å². The van der Waals surface area contributed by atoms with Gasteiger partial charge in [0.15, 0.2) is 0 Å². The molecule has 3 aliphatic rings. The zero-order valence-electron chi connectivity index (χ0n) is 11.6. The Bertz CT molecular complexity index is 815. The average Bonchev–Trinajstić information content (AvgIpc) is 2.89. The molecular weight excluding hydrogens is 325 g/mol. The molecule has 2 heterocycles. The van der Waals surface area contributed by atoms with E-state index in [1.54, 1.807) is 6.20 Å². The van der Waals surface area contributed by atoms with Crippen molar-refractivity contribution in [3.05, 3.63) is 35.9 Å². The lowest BCUT2D eigenvalue weighted by Crippen LogP contribution is -2.42. The summed E-state index contributed by atoms with van der Waals surface area (Å²) in [5.41, 5.74) is -0.0787. The molecule has 22 heavy (non-hydrogen) atoms. The Kier molecular flexibility index (Phi) is 3.20. The fraction of sp³-hybridized carbons (Fsp3) is 0.429. The molecule has 2 aromatic heterocycles. The lowest BCUT2D eigenvalue weighted by molar-refractivity contribution is 0.202. The molecule has 116 valence electrons. The van der Waals surface area contributed by atoms with Crippen LogP contribution in [-0.4, -0.2) is 30.0 Å². The smallest absolute Gasteiger partial charge is 0.328 e. The van der Waals surface area contributed by atoms with Gasteiger partial charge in [0.25, 0.3) is 0 Å². The van der Waals surface area contributed by atoms with E-state index in [1.807, 2.05) is 22.9 Å². The van der Waals surface area contributed by atoms with E-state index in [4.69, 9.17) is 11.6 Å². The Morgan fingerprint density at radius 3 is 2.68 bits per heavy atom. The van der Waals surface area contributed by atoms with Crippen LogP contribution in [0.3, 0.4) is 0 Å². The van der Waals surface area contributed by atoms with Crippen molar-refractivity contribution in [2.45, 2.75) is 24.5 Å². The van der Waals surface area contributed by atoms with Crippen LogP contribution in [0.2, 0.25) is 5.28 Å². The van der Waals surface area contributed by atoms with Gasteiger partial charge >= 0.3 is 7.60 Å². The van der Waals surface area contributed by atoms with Crippen molar-refractivity contribution in [3.8, 4) is 0 Å². The Morgan fingerprint density at radius 1 is 1.27 bits per heavy atom. The van der Waals surface area contributed by atoms with E-state index in [0.717, 1.165) is 18.2 Å². The van der Waals surface area contributed by atoms with Crippen LogP contribution < -0.4 is 0 Å². The van der Waals surface area contributed by atoms with Gasteiger partial charge in [0, 0.05) is 17.8 Å². The quantitative estimate of drug-likeness (QED) is 0.499. The van der Waals surface area contributed by atoms with E-state index in [-0.39, 0.29) is 23.2 Å². The zero-order chi connectivity index (χ0) is 15.5. The second-order valence-corrected chi connectivity index (χ2v) is 8.11. The Labute approximate surface area is 132 Å². The van der Waals surface area contributed by atoms with Crippen LogP contribution >= 0.6 is 19.2 Å². The van der Waals surface area contributed by atoms with Crippen molar-refractivity contribution in [2.75, 3.05) is 0 Å². The highest BCUT2D eigenvalue weighted by Gasteiger charge is 2.50. The van der Waals surface area contributed by atoms with Crippen LogP contribution in [0.15, 0.2) is 30.6 Å². The topological polar surface area (TPSA) is 88.2 Å². The highest BCUT2D eigenvalue weighted by molar-refractivity contribution is 7.52. The standard InChI is InChI=1S/C14H15ClN3O3P/c15-14-16-7-10-5-6-18(13(10)17-14)11-8-1-3-9(4-2-8)12(11)22(19,20)21/h1,3,5-9,11-12H,2,4H2,(H2,19,20,21). The van der Waals surface area contributed by atoms with Crippen LogP contribution in [0.4, 0.5) is 0 Å². The van der Waals surface area contributed by atoms with Crippen LogP contribution in [0.1, 0.15) is 18.9 Å². The van der Waals surface area contributed by atoms with E-state index in [0.29, 0.717) is 5.65 Å². The fourth-order valence-corrected chi connectivity index (χ4v) is 5.55. The molecule has 2 bridgehead atoms. The van der Waals surface area contributed by atoms with Gasteiger partial charge in [-0.25, -0.2) is 4.98 Å². The SMILES string of the molecule is O=P(O)(O)C1C2C=CC(CC2)C1n1ccc2cnc(Cl)nc21. The van der Waals surface area contributed by atoms with E-state index < -0.39 is 13.3 Å². The molecule has 4 unspecified atom stereocenters. The summed E-state index contributed by atoms with van der Waals surface area (Å²) in [6.45, 7) is 0. The average molecular weight is 340 g/mol. The van der Waals surface area contributed by atoms with Gasteiger partial charge in [0.1, 0.15) is 5.65 Å². The summed E-state index contributed by atoms with van der Waals surface area (Å²) in [6.07, 6.45) is 9.26. The molecule has 3 aliphatic carbocycles. The van der Waals surface area contributed by atoms with Crippen molar-refractivity contribution in [2.24, 2.45) is 11.8 Å². The molecule has 0 radical (unpaired) electrons. The monoisotopic (exact) mass is 339 g/mol. The first-order chi connectivity index (χ1) is 10.4. The maximum Gasteiger partial charge on any atom is 0.331 e.